The van der Waals surface area contributed by atoms with Crippen molar-refractivity contribution in [1.29, 1.82) is 0 Å². The van der Waals surface area contributed by atoms with E-state index in [4.69, 9.17) is 0 Å². The maximum absolute atomic E-state index is 13.7. The van der Waals surface area contributed by atoms with Gasteiger partial charge in [0.25, 0.3) is 0 Å². The van der Waals surface area contributed by atoms with Crippen molar-refractivity contribution >= 4 is 22.5 Å². The Bertz CT molecular complexity index is 1100. The first kappa shape index (κ1) is 22.1. The van der Waals surface area contributed by atoms with E-state index < -0.39 is 0 Å². The van der Waals surface area contributed by atoms with Crippen molar-refractivity contribution in [2.45, 2.75) is 57.3 Å². The number of carbonyl (C=O) groups excluding carboxylic acids is 1. The molecule has 1 N–H and O–H groups in total. The van der Waals surface area contributed by atoms with Crippen molar-refractivity contribution in [3.8, 4) is 0 Å². The number of likely N-dealkylation sites (tertiary alicyclic amines) is 1. The number of para-hydroxylation sites is 1. The molecule has 0 unspecified atom stereocenters. The van der Waals surface area contributed by atoms with Crippen LogP contribution in [-0.2, 0) is 11.2 Å². The number of hydrogen-bond donors (Lipinski definition) is 1. The largest absolute Gasteiger partial charge is 0.361 e. The number of piperidine rings is 1. The van der Waals surface area contributed by atoms with Gasteiger partial charge in [-0.1, -0.05) is 24.6 Å². The molecule has 174 valence electrons. The molecule has 2 aliphatic rings. The quantitative estimate of drug-likeness (QED) is 0.450. The molecule has 2 aromatic carbocycles. The van der Waals surface area contributed by atoms with Crippen LogP contribution in [0.4, 0.5) is 10.1 Å². The monoisotopic (exact) mass is 447 g/mol. The number of anilines is 1. The summed E-state index contributed by atoms with van der Waals surface area (Å²) in [6.07, 6.45) is 10.3. The first-order valence-electron chi connectivity index (χ1n) is 12.6. The summed E-state index contributed by atoms with van der Waals surface area (Å²) in [4.78, 5) is 20.6. The lowest BCUT2D eigenvalue weighted by atomic mass is 9.89. The van der Waals surface area contributed by atoms with E-state index in [2.05, 4.69) is 34.3 Å². The lowest BCUT2D eigenvalue weighted by Gasteiger charge is -2.32. The van der Waals surface area contributed by atoms with Gasteiger partial charge in [0.15, 0.2) is 0 Å². The SMILES string of the molecule is O=C(CCCCCN1CCC(c2c[nH]c3ccc(F)cc23)CC1)N1CCCc2ccccc21. The average molecular weight is 448 g/mol. The molecule has 5 rings (SSSR count). The van der Waals surface area contributed by atoms with E-state index in [1.54, 1.807) is 6.07 Å². The Labute approximate surface area is 195 Å². The summed E-state index contributed by atoms with van der Waals surface area (Å²) in [5.74, 6) is 0.615. The fraction of sp³-hybridized carbons (Fsp3) is 0.464. The van der Waals surface area contributed by atoms with Crippen LogP contribution < -0.4 is 4.90 Å². The third-order valence-electron chi connectivity index (χ3n) is 7.48. The first-order chi connectivity index (χ1) is 16.2. The number of amides is 1. The van der Waals surface area contributed by atoms with Gasteiger partial charge in [-0.25, -0.2) is 4.39 Å². The van der Waals surface area contributed by atoms with E-state index in [0.717, 1.165) is 87.7 Å². The highest BCUT2D eigenvalue weighted by atomic mass is 19.1. The summed E-state index contributed by atoms with van der Waals surface area (Å²) in [5, 5.41) is 1.04. The number of benzene rings is 2. The number of aromatic amines is 1. The lowest BCUT2D eigenvalue weighted by Crippen LogP contribution is -2.35. The van der Waals surface area contributed by atoms with Crippen molar-refractivity contribution in [2.75, 3.05) is 31.1 Å². The topological polar surface area (TPSA) is 39.3 Å². The number of carbonyl (C=O) groups is 1. The Morgan fingerprint density at radius 3 is 2.76 bits per heavy atom. The van der Waals surface area contributed by atoms with Gasteiger partial charge in [-0.2, -0.15) is 0 Å². The van der Waals surface area contributed by atoms with Crippen LogP contribution in [0.25, 0.3) is 10.9 Å². The molecule has 5 heteroatoms. The third kappa shape index (κ3) is 4.98. The van der Waals surface area contributed by atoms with Crippen LogP contribution in [-0.4, -0.2) is 42.0 Å². The number of H-pyrrole nitrogens is 1. The zero-order valence-corrected chi connectivity index (χ0v) is 19.4. The Morgan fingerprint density at radius 2 is 1.88 bits per heavy atom. The van der Waals surface area contributed by atoms with Gasteiger partial charge < -0.3 is 14.8 Å². The van der Waals surface area contributed by atoms with Crippen molar-refractivity contribution in [1.82, 2.24) is 9.88 Å². The molecular weight excluding hydrogens is 413 g/mol. The standard InChI is InChI=1S/C28H34FN3O/c29-23-11-12-26-24(19-23)25(20-30-26)21-13-17-31(18-14-21)15-5-1-2-10-28(33)32-16-6-8-22-7-3-4-9-27(22)32/h3-4,7,9,11-12,19-21,30H,1-2,5-6,8,10,13-18H2. The zero-order valence-electron chi connectivity index (χ0n) is 19.4. The molecule has 1 saturated heterocycles. The molecule has 0 radical (unpaired) electrons. The van der Waals surface area contributed by atoms with Crippen LogP contribution >= 0.6 is 0 Å². The summed E-state index contributed by atoms with van der Waals surface area (Å²) in [6, 6.07) is 13.3. The Hall–Kier alpha value is -2.66. The maximum atomic E-state index is 13.7. The number of hydrogen-bond acceptors (Lipinski definition) is 2. The van der Waals surface area contributed by atoms with Crippen LogP contribution in [0, 0.1) is 5.82 Å². The number of aryl methyl sites for hydroxylation is 1. The molecule has 3 aromatic rings. The highest BCUT2D eigenvalue weighted by Crippen LogP contribution is 2.33. The molecular formula is C28H34FN3O. The van der Waals surface area contributed by atoms with Gasteiger partial charge in [-0.3, -0.25) is 4.79 Å². The van der Waals surface area contributed by atoms with Crippen LogP contribution in [0.1, 0.15) is 62.0 Å². The summed E-state index contributed by atoms with van der Waals surface area (Å²) in [5.41, 5.74) is 4.71. The number of nitrogens with one attached hydrogen (secondary N) is 1. The summed E-state index contributed by atoms with van der Waals surface area (Å²) in [7, 11) is 0. The van der Waals surface area contributed by atoms with Gasteiger partial charge >= 0.3 is 0 Å². The number of rotatable bonds is 7. The van der Waals surface area contributed by atoms with E-state index in [1.807, 2.05) is 17.0 Å². The molecule has 1 aromatic heterocycles. The Kier molecular flexibility index (Phi) is 6.77. The minimum atomic E-state index is -0.163. The molecule has 3 heterocycles. The van der Waals surface area contributed by atoms with E-state index in [-0.39, 0.29) is 11.7 Å². The van der Waals surface area contributed by atoms with Crippen molar-refractivity contribution in [3.63, 3.8) is 0 Å². The molecule has 0 atom stereocenters. The van der Waals surface area contributed by atoms with Gasteiger partial charge in [0, 0.05) is 35.8 Å². The minimum Gasteiger partial charge on any atom is -0.361 e. The fourth-order valence-electron chi connectivity index (χ4n) is 5.64. The number of fused-ring (bicyclic) bond motifs is 2. The fourth-order valence-corrected chi connectivity index (χ4v) is 5.64. The van der Waals surface area contributed by atoms with E-state index in [9.17, 15) is 9.18 Å². The van der Waals surface area contributed by atoms with Gasteiger partial charge in [-0.15, -0.1) is 0 Å². The minimum absolute atomic E-state index is 0.163. The van der Waals surface area contributed by atoms with Gasteiger partial charge in [-0.05, 0) is 99.5 Å². The molecule has 2 aliphatic heterocycles. The normalized spacial score (nSPS) is 17.4. The molecule has 0 spiro atoms. The molecule has 1 fully saturated rings. The molecule has 0 bridgehead atoms. The highest BCUT2D eigenvalue weighted by molar-refractivity contribution is 5.94. The number of nitrogens with zero attached hydrogens (tertiary/aromatic N) is 2. The summed E-state index contributed by atoms with van der Waals surface area (Å²) >= 11 is 0. The van der Waals surface area contributed by atoms with E-state index in [1.165, 1.54) is 17.2 Å². The van der Waals surface area contributed by atoms with Gasteiger partial charge in [0.05, 0.1) is 0 Å². The van der Waals surface area contributed by atoms with Crippen LogP contribution in [0.3, 0.4) is 0 Å². The smallest absolute Gasteiger partial charge is 0.226 e. The second-order valence-electron chi connectivity index (χ2n) is 9.64. The van der Waals surface area contributed by atoms with Crippen LogP contribution in [0.15, 0.2) is 48.7 Å². The molecule has 0 aliphatic carbocycles. The maximum Gasteiger partial charge on any atom is 0.226 e. The lowest BCUT2D eigenvalue weighted by molar-refractivity contribution is -0.118. The van der Waals surface area contributed by atoms with Crippen molar-refractivity contribution in [2.24, 2.45) is 0 Å². The second kappa shape index (κ2) is 10.1. The number of aromatic nitrogens is 1. The number of halogens is 1. The second-order valence-corrected chi connectivity index (χ2v) is 9.64. The van der Waals surface area contributed by atoms with Crippen molar-refractivity contribution < 1.29 is 9.18 Å². The molecule has 4 nitrogen and oxygen atoms in total. The summed E-state index contributed by atoms with van der Waals surface area (Å²) in [6.45, 7) is 4.15. The predicted molar refractivity (Wildman–Crippen MR) is 132 cm³/mol. The van der Waals surface area contributed by atoms with Gasteiger partial charge in [0.1, 0.15) is 5.82 Å². The molecule has 1 amide bonds. The van der Waals surface area contributed by atoms with E-state index in [0.29, 0.717) is 12.3 Å². The molecule has 33 heavy (non-hydrogen) atoms. The average Bonchev–Trinajstić information content (AvgIpc) is 3.27. The Balaban J connectivity index is 1.03. The van der Waals surface area contributed by atoms with Crippen LogP contribution in [0.5, 0.6) is 0 Å². The van der Waals surface area contributed by atoms with Crippen LogP contribution in [0.2, 0.25) is 0 Å². The zero-order chi connectivity index (χ0) is 22.6. The van der Waals surface area contributed by atoms with Crippen molar-refractivity contribution in [3.05, 3.63) is 65.6 Å². The number of unbranched alkanes of at least 4 members (excludes halogenated alkanes) is 2. The van der Waals surface area contributed by atoms with E-state index >= 15 is 0 Å². The third-order valence-corrected chi connectivity index (χ3v) is 7.48. The Morgan fingerprint density at radius 1 is 1.03 bits per heavy atom. The molecule has 0 saturated carbocycles. The van der Waals surface area contributed by atoms with Gasteiger partial charge in [0.2, 0.25) is 5.91 Å². The summed E-state index contributed by atoms with van der Waals surface area (Å²) < 4.78 is 13.7. The first-order valence-corrected chi connectivity index (χ1v) is 12.6. The predicted octanol–water partition coefficient (Wildman–Crippen LogP) is 6.03. The highest BCUT2D eigenvalue weighted by Gasteiger charge is 2.23.